The molecule has 1 fully saturated rings. The predicted octanol–water partition coefficient (Wildman–Crippen LogP) is 0.542. The van der Waals surface area contributed by atoms with E-state index in [0.717, 1.165) is 28.7 Å². The third-order valence-corrected chi connectivity index (χ3v) is 7.73. The highest BCUT2D eigenvalue weighted by atomic mass is 32.2. The van der Waals surface area contributed by atoms with E-state index in [0.29, 0.717) is 5.69 Å². The standard InChI is InChI=1S/C21H20N8O9S/c30-19-16(20(31)24-21(32)23-19)12-22-25-17-6-5-15(29(35)36)11-18(17)39(37,38)27-9-7-26(8-10-27)13-1-3-14(4-2-13)28(33)34/h1-6,11-12,25H,7-10H2,(H3,23,24,30,31,32). The van der Waals surface area contributed by atoms with Crippen molar-refractivity contribution in [1.82, 2.24) is 14.3 Å². The highest BCUT2D eigenvalue weighted by Crippen LogP contribution is 2.30. The SMILES string of the molecule is O=c1[nH]c(O)c(C=NNc2ccc([N+](=O)[O-])cc2S(=O)(=O)N2CCN(c3ccc([N+](=O)[O-])cc3)CC2)c(=O)[nH]1. The molecule has 4 N–H and O–H groups in total. The van der Waals surface area contributed by atoms with Crippen molar-refractivity contribution in [2.45, 2.75) is 4.90 Å². The van der Waals surface area contributed by atoms with Gasteiger partial charge in [-0.25, -0.2) is 13.2 Å². The van der Waals surface area contributed by atoms with Crippen LogP contribution in [-0.4, -0.2) is 70.0 Å². The van der Waals surface area contributed by atoms with Gasteiger partial charge in [0.2, 0.25) is 15.9 Å². The molecule has 18 heteroatoms. The second-order valence-electron chi connectivity index (χ2n) is 8.14. The Morgan fingerprint density at radius 2 is 1.56 bits per heavy atom. The van der Waals surface area contributed by atoms with Gasteiger partial charge >= 0.3 is 5.69 Å². The molecule has 0 unspecified atom stereocenters. The molecule has 0 aliphatic carbocycles. The number of sulfonamides is 1. The number of hydrogen-bond acceptors (Lipinski definition) is 12. The summed E-state index contributed by atoms with van der Waals surface area (Å²) in [5.74, 6) is -0.767. The summed E-state index contributed by atoms with van der Waals surface area (Å²) in [6.07, 6.45) is 0.838. The average molecular weight is 561 g/mol. The zero-order valence-corrected chi connectivity index (χ0v) is 20.6. The largest absolute Gasteiger partial charge is 0.494 e. The number of non-ortho nitro benzene ring substituents is 2. The van der Waals surface area contributed by atoms with E-state index in [4.69, 9.17) is 0 Å². The lowest BCUT2D eigenvalue weighted by Crippen LogP contribution is -2.48. The maximum absolute atomic E-state index is 13.5. The normalized spacial score (nSPS) is 14.4. The van der Waals surface area contributed by atoms with E-state index in [1.165, 1.54) is 12.1 Å². The molecule has 4 rings (SSSR count). The van der Waals surface area contributed by atoms with Crippen LogP contribution in [0.3, 0.4) is 0 Å². The molecule has 2 heterocycles. The summed E-state index contributed by atoms with van der Waals surface area (Å²) in [4.78, 5) is 49.3. The number of piperazine rings is 1. The molecule has 0 radical (unpaired) electrons. The monoisotopic (exact) mass is 560 g/mol. The van der Waals surface area contributed by atoms with Crippen LogP contribution in [0.4, 0.5) is 22.7 Å². The van der Waals surface area contributed by atoms with E-state index < -0.39 is 53.1 Å². The van der Waals surface area contributed by atoms with Crippen LogP contribution in [0.1, 0.15) is 5.56 Å². The third kappa shape index (κ3) is 5.75. The number of anilines is 2. The van der Waals surface area contributed by atoms with Crippen LogP contribution in [0.25, 0.3) is 0 Å². The smallest absolute Gasteiger partial charge is 0.328 e. The van der Waals surface area contributed by atoms with Crippen LogP contribution in [0.5, 0.6) is 5.88 Å². The number of hydrazone groups is 1. The van der Waals surface area contributed by atoms with Crippen LogP contribution >= 0.6 is 0 Å². The molecule has 1 saturated heterocycles. The fourth-order valence-corrected chi connectivity index (χ4v) is 5.39. The Balaban J connectivity index is 1.57. The second kappa shape index (κ2) is 10.7. The van der Waals surface area contributed by atoms with E-state index in [-0.39, 0.29) is 37.6 Å². The Morgan fingerprint density at radius 3 is 2.15 bits per heavy atom. The average Bonchev–Trinajstić information content (AvgIpc) is 2.90. The molecular formula is C21H20N8O9S. The highest BCUT2D eigenvalue weighted by Gasteiger charge is 2.32. The number of benzene rings is 2. The van der Waals surface area contributed by atoms with Gasteiger partial charge in [-0.1, -0.05) is 0 Å². The zero-order chi connectivity index (χ0) is 28.3. The van der Waals surface area contributed by atoms with Crippen molar-refractivity contribution in [2.24, 2.45) is 5.10 Å². The Bertz CT molecular complexity index is 1670. The van der Waals surface area contributed by atoms with Crippen LogP contribution in [-0.2, 0) is 10.0 Å². The lowest BCUT2D eigenvalue weighted by molar-refractivity contribution is -0.385. The fourth-order valence-electron chi connectivity index (χ4n) is 3.81. The van der Waals surface area contributed by atoms with Crippen LogP contribution in [0, 0.1) is 20.2 Å². The number of aromatic hydroxyl groups is 1. The fraction of sp³-hybridized carbons (Fsp3) is 0.190. The summed E-state index contributed by atoms with van der Waals surface area (Å²) in [5.41, 5.74) is 0.0602. The number of aromatic nitrogens is 2. The van der Waals surface area contributed by atoms with E-state index in [1.54, 1.807) is 12.1 Å². The summed E-state index contributed by atoms with van der Waals surface area (Å²) in [7, 11) is -4.28. The van der Waals surface area contributed by atoms with Crippen molar-refractivity contribution >= 4 is 39.0 Å². The predicted molar refractivity (Wildman–Crippen MR) is 138 cm³/mol. The van der Waals surface area contributed by atoms with Gasteiger partial charge in [0.05, 0.1) is 21.7 Å². The van der Waals surface area contributed by atoms with Gasteiger partial charge in [-0.3, -0.25) is 40.4 Å². The van der Waals surface area contributed by atoms with Crippen LogP contribution in [0.2, 0.25) is 0 Å². The Kier molecular flexibility index (Phi) is 7.40. The van der Waals surface area contributed by atoms with Gasteiger partial charge in [-0.05, 0) is 18.2 Å². The Labute approximate surface area is 218 Å². The van der Waals surface area contributed by atoms with Crippen molar-refractivity contribution in [1.29, 1.82) is 0 Å². The molecule has 1 aliphatic rings. The molecule has 0 bridgehead atoms. The number of nitrogens with one attached hydrogen (secondary N) is 3. The summed E-state index contributed by atoms with van der Waals surface area (Å²) in [6.45, 7) is 0.541. The zero-order valence-electron chi connectivity index (χ0n) is 19.8. The first-order valence-corrected chi connectivity index (χ1v) is 12.5. The van der Waals surface area contributed by atoms with E-state index in [2.05, 4.69) is 10.5 Å². The summed E-state index contributed by atoms with van der Waals surface area (Å²) >= 11 is 0. The molecule has 0 saturated carbocycles. The van der Waals surface area contributed by atoms with E-state index in [9.17, 15) is 43.3 Å². The molecule has 1 aliphatic heterocycles. The molecule has 0 atom stereocenters. The summed E-state index contributed by atoms with van der Waals surface area (Å²) in [6, 6.07) is 8.89. The number of nitrogens with zero attached hydrogens (tertiary/aromatic N) is 5. The first-order chi connectivity index (χ1) is 18.5. The maximum atomic E-state index is 13.5. The quantitative estimate of drug-likeness (QED) is 0.168. The highest BCUT2D eigenvalue weighted by molar-refractivity contribution is 7.89. The third-order valence-electron chi connectivity index (χ3n) is 5.80. The van der Waals surface area contributed by atoms with Gasteiger partial charge in [-0.15, -0.1) is 0 Å². The maximum Gasteiger partial charge on any atom is 0.328 e. The first kappa shape index (κ1) is 26.9. The van der Waals surface area contributed by atoms with Crippen molar-refractivity contribution < 1.29 is 23.4 Å². The van der Waals surface area contributed by atoms with Gasteiger partial charge in [0.25, 0.3) is 16.9 Å². The summed E-state index contributed by atoms with van der Waals surface area (Å²) in [5, 5.41) is 35.7. The van der Waals surface area contributed by atoms with Crippen LogP contribution in [0.15, 0.2) is 62.1 Å². The summed E-state index contributed by atoms with van der Waals surface area (Å²) < 4.78 is 28.2. The van der Waals surface area contributed by atoms with Crippen molar-refractivity contribution in [3.63, 3.8) is 0 Å². The van der Waals surface area contributed by atoms with Gasteiger partial charge in [-0.2, -0.15) is 9.41 Å². The molecule has 3 aromatic rings. The first-order valence-electron chi connectivity index (χ1n) is 11.1. The van der Waals surface area contributed by atoms with Gasteiger partial charge in [0, 0.05) is 56.1 Å². The number of rotatable bonds is 8. The van der Waals surface area contributed by atoms with E-state index in [1.807, 2.05) is 14.9 Å². The molecule has 39 heavy (non-hydrogen) atoms. The van der Waals surface area contributed by atoms with Gasteiger partial charge < -0.3 is 10.0 Å². The second-order valence-corrected chi connectivity index (χ2v) is 10.0. The molecular weight excluding hydrogens is 540 g/mol. The van der Waals surface area contributed by atoms with Gasteiger partial charge in [0.15, 0.2) is 0 Å². The molecule has 2 aromatic carbocycles. The lowest BCUT2D eigenvalue weighted by Gasteiger charge is -2.35. The number of hydrogen-bond donors (Lipinski definition) is 4. The van der Waals surface area contributed by atoms with Crippen molar-refractivity contribution in [3.05, 3.63) is 89.1 Å². The Hall–Kier alpha value is -5.10. The number of nitro benzene ring substituents is 2. The minimum Gasteiger partial charge on any atom is -0.494 e. The molecule has 204 valence electrons. The minimum absolute atomic E-state index is 0.0192. The molecule has 1 aromatic heterocycles. The Morgan fingerprint density at radius 1 is 0.949 bits per heavy atom. The number of aromatic amines is 2. The lowest BCUT2D eigenvalue weighted by atomic mass is 10.2. The van der Waals surface area contributed by atoms with E-state index >= 15 is 0 Å². The van der Waals surface area contributed by atoms with Crippen LogP contribution < -0.4 is 21.6 Å². The number of nitro groups is 2. The van der Waals surface area contributed by atoms with Crippen molar-refractivity contribution in [3.8, 4) is 5.88 Å². The molecule has 0 spiro atoms. The molecule has 17 nitrogen and oxygen atoms in total. The minimum atomic E-state index is -4.28. The topological polar surface area (TPSA) is 237 Å². The number of H-pyrrole nitrogens is 2. The molecule has 0 amide bonds. The van der Waals surface area contributed by atoms with Crippen molar-refractivity contribution in [2.75, 3.05) is 36.5 Å². The van der Waals surface area contributed by atoms with Gasteiger partial charge in [0.1, 0.15) is 10.5 Å².